The summed E-state index contributed by atoms with van der Waals surface area (Å²) in [7, 11) is 0. The zero-order valence-corrected chi connectivity index (χ0v) is 11.4. The number of hydrogen-bond acceptors (Lipinski definition) is 6. The highest BCUT2D eigenvalue weighted by Crippen LogP contribution is 2.14. The molecule has 0 aliphatic rings. The molecule has 2 aromatic rings. The molecule has 0 saturated carbocycles. The standard InChI is InChI=1S/C12H15N5OS/c1-2-14-12-17-16-11(19-12)10(18)15-8-5-9-3-6-13-7-4-9/h3-4,6-7H,2,5,8H2,1H3,(H,14,17)(H,15,18). The van der Waals surface area contributed by atoms with Gasteiger partial charge >= 0.3 is 0 Å². The van der Waals surface area contributed by atoms with Crippen molar-refractivity contribution < 1.29 is 4.79 Å². The van der Waals surface area contributed by atoms with Crippen LogP contribution < -0.4 is 10.6 Å². The topological polar surface area (TPSA) is 79.8 Å². The number of nitrogens with zero attached hydrogens (tertiary/aromatic N) is 3. The zero-order valence-electron chi connectivity index (χ0n) is 10.6. The first kappa shape index (κ1) is 13.4. The highest BCUT2D eigenvalue weighted by atomic mass is 32.1. The summed E-state index contributed by atoms with van der Waals surface area (Å²) in [5, 5.41) is 14.6. The zero-order chi connectivity index (χ0) is 13.5. The maximum absolute atomic E-state index is 11.8. The number of hydrogen-bond donors (Lipinski definition) is 2. The Kier molecular flexibility index (Phi) is 4.79. The fourth-order valence-corrected chi connectivity index (χ4v) is 2.21. The second-order valence-corrected chi connectivity index (χ2v) is 4.78. The molecule has 2 heterocycles. The van der Waals surface area contributed by atoms with E-state index in [2.05, 4.69) is 25.8 Å². The Labute approximate surface area is 115 Å². The minimum absolute atomic E-state index is 0.185. The van der Waals surface area contributed by atoms with Gasteiger partial charge in [0.2, 0.25) is 10.1 Å². The van der Waals surface area contributed by atoms with Crippen LogP contribution in [0.2, 0.25) is 0 Å². The van der Waals surface area contributed by atoms with Crippen molar-refractivity contribution in [1.29, 1.82) is 0 Å². The number of carbonyl (C=O) groups excluding carboxylic acids is 1. The Hall–Kier alpha value is -2.02. The highest BCUT2D eigenvalue weighted by Gasteiger charge is 2.11. The second-order valence-electron chi connectivity index (χ2n) is 3.80. The lowest BCUT2D eigenvalue weighted by molar-refractivity contribution is 0.0953. The van der Waals surface area contributed by atoms with Crippen molar-refractivity contribution in [3.63, 3.8) is 0 Å². The van der Waals surface area contributed by atoms with Gasteiger partial charge in [0.1, 0.15) is 0 Å². The van der Waals surface area contributed by atoms with Crippen LogP contribution in [0.3, 0.4) is 0 Å². The minimum Gasteiger partial charge on any atom is -0.360 e. The van der Waals surface area contributed by atoms with E-state index in [4.69, 9.17) is 0 Å². The van der Waals surface area contributed by atoms with E-state index >= 15 is 0 Å². The van der Waals surface area contributed by atoms with E-state index in [-0.39, 0.29) is 5.91 Å². The molecule has 1 amide bonds. The van der Waals surface area contributed by atoms with E-state index in [1.54, 1.807) is 12.4 Å². The van der Waals surface area contributed by atoms with Crippen LogP contribution in [-0.4, -0.2) is 34.2 Å². The molecule has 2 rings (SSSR count). The van der Waals surface area contributed by atoms with E-state index in [1.165, 1.54) is 11.3 Å². The van der Waals surface area contributed by atoms with E-state index in [1.807, 2.05) is 19.1 Å². The van der Waals surface area contributed by atoms with Gasteiger partial charge in [-0.05, 0) is 31.0 Å². The van der Waals surface area contributed by atoms with Crippen molar-refractivity contribution in [1.82, 2.24) is 20.5 Å². The molecule has 100 valence electrons. The first-order valence-electron chi connectivity index (χ1n) is 6.04. The molecule has 19 heavy (non-hydrogen) atoms. The van der Waals surface area contributed by atoms with Crippen molar-refractivity contribution >= 4 is 22.4 Å². The molecule has 0 saturated heterocycles. The van der Waals surface area contributed by atoms with E-state index in [0.29, 0.717) is 16.7 Å². The Morgan fingerprint density at radius 2 is 2.11 bits per heavy atom. The smallest absolute Gasteiger partial charge is 0.282 e. The monoisotopic (exact) mass is 277 g/mol. The SMILES string of the molecule is CCNc1nnc(C(=O)NCCc2ccncc2)s1. The predicted octanol–water partition coefficient (Wildman–Crippen LogP) is 1.34. The Bertz CT molecular complexity index is 528. The summed E-state index contributed by atoms with van der Waals surface area (Å²) in [6, 6.07) is 3.86. The van der Waals surface area contributed by atoms with Crippen molar-refractivity contribution in [2.75, 3.05) is 18.4 Å². The average Bonchev–Trinajstić information content (AvgIpc) is 2.89. The van der Waals surface area contributed by atoms with Crippen LogP contribution in [-0.2, 0) is 6.42 Å². The Morgan fingerprint density at radius 3 is 2.84 bits per heavy atom. The van der Waals surface area contributed by atoms with Gasteiger partial charge in [0.05, 0.1) is 0 Å². The summed E-state index contributed by atoms with van der Waals surface area (Å²) in [5.74, 6) is -0.185. The molecule has 2 aromatic heterocycles. The van der Waals surface area contributed by atoms with Crippen LogP contribution in [0.5, 0.6) is 0 Å². The summed E-state index contributed by atoms with van der Waals surface area (Å²) in [4.78, 5) is 15.8. The number of nitrogens with one attached hydrogen (secondary N) is 2. The molecule has 0 aliphatic carbocycles. The lowest BCUT2D eigenvalue weighted by Crippen LogP contribution is -2.25. The third-order valence-corrected chi connectivity index (χ3v) is 3.28. The Morgan fingerprint density at radius 1 is 1.32 bits per heavy atom. The van der Waals surface area contributed by atoms with Crippen LogP contribution in [0.25, 0.3) is 0 Å². The van der Waals surface area contributed by atoms with Gasteiger partial charge in [-0.15, -0.1) is 10.2 Å². The number of carbonyl (C=O) groups is 1. The van der Waals surface area contributed by atoms with E-state index in [9.17, 15) is 4.79 Å². The Balaban J connectivity index is 1.80. The lowest BCUT2D eigenvalue weighted by Gasteiger charge is -2.02. The van der Waals surface area contributed by atoms with Gasteiger partial charge in [0.25, 0.3) is 5.91 Å². The predicted molar refractivity (Wildman–Crippen MR) is 74.3 cm³/mol. The number of amides is 1. The third-order valence-electron chi connectivity index (χ3n) is 2.40. The van der Waals surface area contributed by atoms with Gasteiger partial charge in [0, 0.05) is 25.5 Å². The molecule has 0 unspecified atom stereocenters. The van der Waals surface area contributed by atoms with Crippen LogP contribution in [0, 0.1) is 0 Å². The molecule has 0 bridgehead atoms. The molecule has 6 nitrogen and oxygen atoms in total. The first-order chi connectivity index (χ1) is 9.29. The van der Waals surface area contributed by atoms with Crippen molar-refractivity contribution in [2.24, 2.45) is 0 Å². The van der Waals surface area contributed by atoms with Crippen molar-refractivity contribution in [3.8, 4) is 0 Å². The number of rotatable bonds is 6. The molecule has 0 fully saturated rings. The summed E-state index contributed by atoms with van der Waals surface area (Å²) in [6.45, 7) is 3.30. The summed E-state index contributed by atoms with van der Waals surface area (Å²) in [5.41, 5.74) is 1.14. The normalized spacial score (nSPS) is 10.2. The summed E-state index contributed by atoms with van der Waals surface area (Å²) < 4.78 is 0. The molecule has 0 spiro atoms. The quantitative estimate of drug-likeness (QED) is 0.833. The fraction of sp³-hybridized carbons (Fsp3) is 0.333. The van der Waals surface area contributed by atoms with Crippen molar-refractivity contribution in [3.05, 3.63) is 35.1 Å². The van der Waals surface area contributed by atoms with Crippen LogP contribution in [0.4, 0.5) is 5.13 Å². The van der Waals surface area contributed by atoms with Gasteiger partial charge in [-0.25, -0.2) is 0 Å². The van der Waals surface area contributed by atoms with Crippen LogP contribution in [0.15, 0.2) is 24.5 Å². The second kappa shape index (κ2) is 6.79. The van der Waals surface area contributed by atoms with Gasteiger partial charge in [-0.2, -0.15) is 0 Å². The molecular weight excluding hydrogens is 262 g/mol. The fourth-order valence-electron chi connectivity index (χ4n) is 1.48. The number of pyridine rings is 1. The lowest BCUT2D eigenvalue weighted by atomic mass is 10.2. The number of aromatic nitrogens is 3. The van der Waals surface area contributed by atoms with Gasteiger partial charge in [-0.3, -0.25) is 9.78 Å². The van der Waals surface area contributed by atoms with E-state index in [0.717, 1.165) is 18.5 Å². The highest BCUT2D eigenvalue weighted by molar-refractivity contribution is 7.17. The molecule has 0 radical (unpaired) electrons. The largest absolute Gasteiger partial charge is 0.360 e. The molecule has 2 N–H and O–H groups in total. The molecular formula is C12H15N5OS. The van der Waals surface area contributed by atoms with Crippen LogP contribution in [0.1, 0.15) is 22.3 Å². The maximum Gasteiger partial charge on any atom is 0.282 e. The molecule has 0 aliphatic heterocycles. The third kappa shape index (κ3) is 3.99. The number of anilines is 1. The first-order valence-corrected chi connectivity index (χ1v) is 6.85. The maximum atomic E-state index is 11.8. The van der Waals surface area contributed by atoms with Crippen LogP contribution >= 0.6 is 11.3 Å². The summed E-state index contributed by atoms with van der Waals surface area (Å²) in [6.07, 6.45) is 4.25. The average molecular weight is 277 g/mol. The van der Waals surface area contributed by atoms with E-state index < -0.39 is 0 Å². The molecule has 0 atom stereocenters. The van der Waals surface area contributed by atoms with Gasteiger partial charge in [-0.1, -0.05) is 11.3 Å². The summed E-state index contributed by atoms with van der Waals surface area (Å²) >= 11 is 1.26. The molecule has 0 aromatic carbocycles. The minimum atomic E-state index is -0.185. The van der Waals surface area contributed by atoms with Gasteiger partial charge in [0.15, 0.2) is 0 Å². The van der Waals surface area contributed by atoms with Crippen molar-refractivity contribution in [2.45, 2.75) is 13.3 Å². The van der Waals surface area contributed by atoms with Gasteiger partial charge < -0.3 is 10.6 Å². The molecule has 7 heteroatoms.